The molecule has 0 aliphatic heterocycles. The van der Waals surface area contributed by atoms with Crippen molar-refractivity contribution in [2.45, 2.75) is 25.8 Å². The average Bonchev–Trinajstić information content (AvgIpc) is 3.20. The zero-order valence-electron chi connectivity index (χ0n) is 15.3. The number of nitrogens with zero attached hydrogens (tertiary/aromatic N) is 3. The Balaban J connectivity index is 1.62. The number of halogens is 1. The van der Waals surface area contributed by atoms with E-state index in [1.165, 1.54) is 35.0 Å². The van der Waals surface area contributed by atoms with Gasteiger partial charge in [-0.1, -0.05) is 38.1 Å². The zero-order chi connectivity index (χ0) is 19.4. The van der Waals surface area contributed by atoms with Crippen molar-refractivity contribution in [2.24, 2.45) is 5.73 Å². The van der Waals surface area contributed by atoms with E-state index in [9.17, 15) is 9.18 Å². The van der Waals surface area contributed by atoms with Crippen LogP contribution in [0.1, 0.15) is 47.3 Å². The number of rotatable bonds is 6. The van der Waals surface area contributed by atoms with Crippen molar-refractivity contribution in [3.8, 4) is 5.69 Å². The molecule has 0 aliphatic rings. The molecular formula is C20H22FN5O. The second kappa shape index (κ2) is 8.09. The molecule has 2 aromatic carbocycles. The number of nitrogens with two attached hydrogens (primary N) is 1. The van der Waals surface area contributed by atoms with Gasteiger partial charge in [0.15, 0.2) is 0 Å². The fourth-order valence-electron chi connectivity index (χ4n) is 2.72. The van der Waals surface area contributed by atoms with Crippen LogP contribution in [-0.2, 0) is 0 Å². The molecule has 0 aliphatic carbocycles. The topological polar surface area (TPSA) is 85.8 Å². The largest absolute Gasteiger partial charge is 0.350 e. The van der Waals surface area contributed by atoms with E-state index in [1.807, 2.05) is 24.3 Å². The molecule has 0 bridgehead atoms. The van der Waals surface area contributed by atoms with E-state index < -0.39 is 5.82 Å². The van der Waals surface area contributed by atoms with Gasteiger partial charge in [0, 0.05) is 18.2 Å². The van der Waals surface area contributed by atoms with Crippen molar-refractivity contribution >= 4 is 5.91 Å². The number of carbonyl (C=O) groups excluding carboxylic acids is 1. The van der Waals surface area contributed by atoms with Crippen LogP contribution in [-0.4, -0.2) is 27.2 Å². The minimum atomic E-state index is -0.554. The van der Waals surface area contributed by atoms with Gasteiger partial charge in [0.2, 0.25) is 0 Å². The SMILES string of the molecule is CC(C)c1ccc(C(N)CNC(=O)c2ccc(-n3cncn3)c(F)c2)cc1. The van der Waals surface area contributed by atoms with Gasteiger partial charge in [-0.15, -0.1) is 0 Å². The lowest BCUT2D eigenvalue weighted by Gasteiger charge is -2.15. The quantitative estimate of drug-likeness (QED) is 0.701. The highest BCUT2D eigenvalue weighted by Crippen LogP contribution is 2.18. The van der Waals surface area contributed by atoms with Crippen LogP contribution in [0, 0.1) is 5.82 Å². The minimum absolute atomic E-state index is 0.221. The van der Waals surface area contributed by atoms with Gasteiger partial charge in [0.1, 0.15) is 24.2 Å². The molecule has 3 aromatic rings. The Morgan fingerprint density at radius 2 is 1.89 bits per heavy atom. The summed E-state index contributed by atoms with van der Waals surface area (Å²) in [6.45, 7) is 4.51. The molecule has 1 unspecified atom stereocenters. The van der Waals surface area contributed by atoms with Crippen molar-refractivity contribution < 1.29 is 9.18 Å². The number of hydrogen-bond acceptors (Lipinski definition) is 4. The van der Waals surface area contributed by atoms with Crippen molar-refractivity contribution in [3.63, 3.8) is 0 Å². The molecule has 7 heteroatoms. The first-order chi connectivity index (χ1) is 13.0. The molecule has 0 spiro atoms. The third kappa shape index (κ3) is 4.38. The number of hydrogen-bond donors (Lipinski definition) is 2. The first kappa shape index (κ1) is 18.7. The van der Waals surface area contributed by atoms with Crippen molar-refractivity contribution in [2.75, 3.05) is 6.54 Å². The molecule has 0 fully saturated rings. The van der Waals surface area contributed by atoms with Gasteiger partial charge < -0.3 is 11.1 Å². The van der Waals surface area contributed by atoms with Crippen LogP contribution in [0.3, 0.4) is 0 Å². The lowest BCUT2D eigenvalue weighted by Crippen LogP contribution is -2.32. The Morgan fingerprint density at radius 1 is 1.19 bits per heavy atom. The van der Waals surface area contributed by atoms with E-state index >= 15 is 0 Å². The van der Waals surface area contributed by atoms with E-state index in [2.05, 4.69) is 29.2 Å². The van der Waals surface area contributed by atoms with E-state index in [1.54, 1.807) is 6.07 Å². The Bertz CT molecular complexity index is 907. The summed E-state index contributed by atoms with van der Waals surface area (Å²) in [6.07, 6.45) is 2.71. The number of aromatic nitrogens is 3. The van der Waals surface area contributed by atoms with Gasteiger partial charge in [0.25, 0.3) is 5.91 Å². The third-order valence-electron chi connectivity index (χ3n) is 4.39. The van der Waals surface area contributed by atoms with Crippen LogP contribution in [0.5, 0.6) is 0 Å². The van der Waals surface area contributed by atoms with E-state index in [4.69, 9.17) is 5.73 Å². The highest BCUT2D eigenvalue weighted by Gasteiger charge is 2.13. The first-order valence-electron chi connectivity index (χ1n) is 8.74. The first-order valence-corrected chi connectivity index (χ1v) is 8.74. The summed E-state index contributed by atoms with van der Waals surface area (Å²) in [5, 5.41) is 6.63. The molecule has 1 amide bonds. The Labute approximate surface area is 157 Å². The van der Waals surface area contributed by atoms with E-state index in [0.717, 1.165) is 5.56 Å². The summed E-state index contributed by atoms with van der Waals surface area (Å²) in [5.74, 6) is -0.486. The van der Waals surface area contributed by atoms with Crippen molar-refractivity contribution in [3.05, 3.63) is 77.6 Å². The lowest BCUT2D eigenvalue weighted by atomic mass is 9.99. The zero-order valence-corrected chi connectivity index (χ0v) is 15.3. The van der Waals surface area contributed by atoms with Gasteiger partial charge >= 0.3 is 0 Å². The van der Waals surface area contributed by atoms with Crippen LogP contribution in [0.4, 0.5) is 4.39 Å². The maximum absolute atomic E-state index is 14.2. The Hall–Kier alpha value is -3.06. The van der Waals surface area contributed by atoms with Gasteiger partial charge in [-0.25, -0.2) is 14.1 Å². The minimum Gasteiger partial charge on any atom is -0.350 e. The molecule has 3 N–H and O–H groups in total. The smallest absolute Gasteiger partial charge is 0.251 e. The molecule has 0 saturated heterocycles. The van der Waals surface area contributed by atoms with Crippen LogP contribution in [0.15, 0.2) is 55.1 Å². The molecule has 0 radical (unpaired) electrons. The van der Waals surface area contributed by atoms with Crippen LogP contribution < -0.4 is 11.1 Å². The molecule has 1 heterocycles. The number of amides is 1. The predicted molar refractivity (Wildman–Crippen MR) is 101 cm³/mol. The van der Waals surface area contributed by atoms with Crippen LogP contribution >= 0.6 is 0 Å². The molecule has 0 saturated carbocycles. The molecule has 1 atom stereocenters. The van der Waals surface area contributed by atoms with Gasteiger partial charge in [-0.3, -0.25) is 4.79 Å². The monoisotopic (exact) mass is 367 g/mol. The molecular weight excluding hydrogens is 345 g/mol. The lowest BCUT2D eigenvalue weighted by molar-refractivity contribution is 0.0950. The van der Waals surface area contributed by atoms with Crippen molar-refractivity contribution in [1.29, 1.82) is 0 Å². The third-order valence-corrected chi connectivity index (χ3v) is 4.39. The highest BCUT2D eigenvalue weighted by atomic mass is 19.1. The number of carbonyl (C=O) groups is 1. The van der Waals surface area contributed by atoms with Gasteiger partial charge in [-0.05, 0) is 35.2 Å². The van der Waals surface area contributed by atoms with Gasteiger partial charge in [-0.2, -0.15) is 5.10 Å². The Kier molecular flexibility index (Phi) is 5.61. The van der Waals surface area contributed by atoms with E-state index in [0.29, 0.717) is 5.92 Å². The van der Waals surface area contributed by atoms with Crippen LogP contribution in [0.25, 0.3) is 5.69 Å². The van der Waals surface area contributed by atoms with Gasteiger partial charge in [0.05, 0.1) is 0 Å². The van der Waals surface area contributed by atoms with Crippen molar-refractivity contribution in [1.82, 2.24) is 20.1 Å². The second-order valence-corrected chi connectivity index (χ2v) is 6.64. The summed E-state index contributed by atoms with van der Waals surface area (Å²) >= 11 is 0. The maximum Gasteiger partial charge on any atom is 0.251 e. The summed E-state index contributed by atoms with van der Waals surface area (Å²) in [5.41, 5.74) is 8.78. The normalized spacial score (nSPS) is 12.2. The Morgan fingerprint density at radius 3 is 2.48 bits per heavy atom. The standard InChI is InChI=1S/C20H22FN5O/c1-13(2)14-3-5-15(6-4-14)18(22)10-24-20(27)16-7-8-19(17(21)9-16)26-12-23-11-25-26/h3-9,11-13,18H,10,22H2,1-2H3,(H,24,27). The maximum atomic E-state index is 14.2. The summed E-state index contributed by atoms with van der Waals surface area (Å²) in [7, 11) is 0. The summed E-state index contributed by atoms with van der Waals surface area (Å²) < 4.78 is 15.5. The molecule has 6 nitrogen and oxygen atoms in total. The van der Waals surface area contributed by atoms with Crippen LogP contribution in [0.2, 0.25) is 0 Å². The summed E-state index contributed by atoms with van der Waals surface area (Å²) in [6, 6.07) is 11.9. The molecule has 1 aromatic heterocycles. The second-order valence-electron chi connectivity index (χ2n) is 6.64. The number of nitrogens with one attached hydrogen (secondary N) is 1. The van der Waals surface area contributed by atoms with E-state index in [-0.39, 0.29) is 29.7 Å². The predicted octanol–water partition coefficient (Wildman–Crippen LogP) is 2.96. The fraction of sp³-hybridized carbons (Fsp3) is 0.250. The molecule has 3 rings (SSSR count). The molecule has 140 valence electrons. The highest BCUT2D eigenvalue weighted by molar-refractivity contribution is 5.94. The summed E-state index contributed by atoms with van der Waals surface area (Å²) in [4.78, 5) is 16.1. The fourth-order valence-corrected chi connectivity index (χ4v) is 2.72. The molecule has 27 heavy (non-hydrogen) atoms. The average molecular weight is 367 g/mol. The number of benzene rings is 2.